The number of hydrogen-bond acceptors (Lipinski definition) is 6. The first-order valence-corrected chi connectivity index (χ1v) is 13.3. The lowest BCUT2D eigenvalue weighted by Crippen LogP contribution is -2.49. The Kier molecular flexibility index (Phi) is 7.84. The van der Waals surface area contributed by atoms with Gasteiger partial charge in [0.25, 0.3) is 5.91 Å². The van der Waals surface area contributed by atoms with E-state index in [1.807, 2.05) is 29.2 Å². The molecule has 5 rings (SSSR count). The Morgan fingerprint density at radius 1 is 0.974 bits per heavy atom. The van der Waals surface area contributed by atoms with Crippen LogP contribution in [-0.2, 0) is 4.79 Å². The van der Waals surface area contributed by atoms with Gasteiger partial charge in [-0.25, -0.2) is 9.40 Å². The number of piperazine rings is 1. The van der Waals surface area contributed by atoms with Crippen molar-refractivity contribution < 1.29 is 18.7 Å². The smallest absolute Gasteiger partial charge is 0.257 e. The summed E-state index contributed by atoms with van der Waals surface area (Å²) in [7, 11) is 3.26. The van der Waals surface area contributed by atoms with Gasteiger partial charge in [0.05, 0.1) is 38.2 Å². The third kappa shape index (κ3) is 5.61. The molecule has 1 fully saturated rings. The summed E-state index contributed by atoms with van der Waals surface area (Å²) in [5.74, 6) is 1.09. The lowest BCUT2D eigenvalue weighted by atomic mass is 9.94. The minimum Gasteiger partial charge on any atom is -0.497 e. The number of rotatable bonds is 7. The molecule has 39 heavy (non-hydrogen) atoms. The van der Waals surface area contributed by atoms with E-state index in [4.69, 9.17) is 14.6 Å². The average molecular weight is 531 g/mol. The molecule has 1 atom stereocenters. The van der Waals surface area contributed by atoms with Crippen LogP contribution in [0.2, 0.25) is 0 Å². The first-order chi connectivity index (χ1) is 18.9. The van der Waals surface area contributed by atoms with Gasteiger partial charge in [-0.15, -0.1) is 0 Å². The summed E-state index contributed by atoms with van der Waals surface area (Å²) in [4.78, 5) is 18.0. The van der Waals surface area contributed by atoms with Gasteiger partial charge in [0.1, 0.15) is 17.3 Å². The zero-order valence-corrected chi connectivity index (χ0v) is 23.0. The molecule has 3 aromatic carbocycles. The number of hydrazone groups is 1. The van der Waals surface area contributed by atoms with Crippen LogP contribution < -0.4 is 14.4 Å². The quantitative estimate of drug-likeness (QED) is 0.432. The molecule has 0 aliphatic carbocycles. The Bertz CT molecular complexity index is 1380. The Hall–Kier alpha value is -3.91. The Morgan fingerprint density at radius 3 is 2.44 bits per heavy atom. The van der Waals surface area contributed by atoms with Crippen molar-refractivity contribution in [1.82, 2.24) is 9.91 Å². The van der Waals surface area contributed by atoms with Crippen molar-refractivity contribution in [2.75, 3.05) is 51.8 Å². The SMILES string of the molecule is COc1ccc(OC)c(C2CC(c3ccc(C)cc3C)=NN2C(=O)CN2CCN(c3ccccc3F)CC2)c1. The van der Waals surface area contributed by atoms with Crippen LogP contribution in [0.15, 0.2) is 65.8 Å². The molecule has 8 heteroatoms. The number of ether oxygens (including phenoxy) is 2. The topological polar surface area (TPSA) is 57.6 Å². The lowest BCUT2D eigenvalue weighted by Gasteiger charge is -2.36. The summed E-state index contributed by atoms with van der Waals surface area (Å²) >= 11 is 0. The number of carbonyl (C=O) groups excluding carboxylic acids is 1. The van der Waals surface area contributed by atoms with E-state index in [1.165, 1.54) is 11.6 Å². The number of halogens is 1. The summed E-state index contributed by atoms with van der Waals surface area (Å²) < 4.78 is 25.5. The summed E-state index contributed by atoms with van der Waals surface area (Å²) in [5.41, 5.74) is 5.70. The number of methoxy groups -OCH3 is 2. The van der Waals surface area contributed by atoms with Crippen molar-refractivity contribution in [1.29, 1.82) is 0 Å². The van der Waals surface area contributed by atoms with Crippen LogP contribution in [0.3, 0.4) is 0 Å². The van der Waals surface area contributed by atoms with E-state index in [0.717, 1.165) is 22.4 Å². The molecular formula is C31H35FN4O3. The van der Waals surface area contributed by atoms with Gasteiger partial charge < -0.3 is 14.4 Å². The number of amides is 1. The average Bonchev–Trinajstić information content (AvgIpc) is 3.38. The summed E-state index contributed by atoms with van der Waals surface area (Å²) in [6.45, 7) is 7.00. The van der Waals surface area contributed by atoms with Crippen molar-refractivity contribution in [2.24, 2.45) is 5.10 Å². The van der Waals surface area contributed by atoms with Crippen LogP contribution in [0, 0.1) is 19.7 Å². The number of benzene rings is 3. The van der Waals surface area contributed by atoms with E-state index in [1.54, 1.807) is 31.4 Å². The Morgan fingerprint density at radius 2 is 1.74 bits per heavy atom. The van der Waals surface area contributed by atoms with Gasteiger partial charge in [0.15, 0.2) is 0 Å². The fraction of sp³-hybridized carbons (Fsp3) is 0.355. The highest BCUT2D eigenvalue weighted by atomic mass is 19.1. The molecule has 1 amide bonds. The molecule has 1 unspecified atom stereocenters. The van der Waals surface area contributed by atoms with Crippen LogP contribution in [0.4, 0.5) is 10.1 Å². The number of nitrogens with zero attached hydrogens (tertiary/aromatic N) is 4. The molecule has 0 spiro atoms. The van der Waals surface area contributed by atoms with Gasteiger partial charge in [-0.3, -0.25) is 9.69 Å². The Labute approximate surface area is 229 Å². The molecule has 2 aliphatic heterocycles. The van der Waals surface area contributed by atoms with E-state index in [9.17, 15) is 9.18 Å². The van der Waals surface area contributed by atoms with E-state index in [0.29, 0.717) is 49.8 Å². The predicted molar refractivity (Wildman–Crippen MR) is 151 cm³/mol. The van der Waals surface area contributed by atoms with Gasteiger partial charge in [-0.1, -0.05) is 35.9 Å². The second-order valence-corrected chi connectivity index (χ2v) is 10.1. The molecule has 0 bridgehead atoms. The highest BCUT2D eigenvalue weighted by Gasteiger charge is 2.36. The van der Waals surface area contributed by atoms with E-state index in [2.05, 4.69) is 36.9 Å². The fourth-order valence-electron chi connectivity index (χ4n) is 5.50. The van der Waals surface area contributed by atoms with Crippen molar-refractivity contribution in [3.05, 3.63) is 88.7 Å². The monoisotopic (exact) mass is 530 g/mol. The van der Waals surface area contributed by atoms with Crippen LogP contribution in [0.5, 0.6) is 11.5 Å². The summed E-state index contributed by atoms with van der Waals surface area (Å²) in [5, 5.41) is 6.51. The maximum atomic E-state index is 14.3. The maximum absolute atomic E-state index is 14.3. The van der Waals surface area contributed by atoms with Crippen LogP contribution in [-0.4, -0.2) is 68.5 Å². The van der Waals surface area contributed by atoms with Gasteiger partial charge in [0, 0.05) is 43.7 Å². The molecule has 0 saturated carbocycles. The largest absolute Gasteiger partial charge is 0.497 e. The van der Waals surface area contributed by atoms with Crippen LogP contribution in [0.1, 0.15) is 34.7 Å². The minimum atomic E-state index is -0.321. The van der Waals surface area contributed by atoms with Gasteiger partial charge in [-0.2, -0.15) is 5.10 Å². The molecule has 204 valence electrons. The van der Waals surface area contributed by atoms with Gasteiger partial charge in [-0.05, 0) is 49.7 Å². The molecule has 2 heterocycles. The lowest BCUT2D eigenvalue weighted by molar-refractivity contribution is -0.134. The Balaban J connectivity index is 1.38. The minimum absolute atomic E-state index is 0.0796. The van der Waals surface area contributed by atoms with E-state index >= 15 is 0 Å². The van der Waals surface area contributed by atoms with Crippen molar-refractivity contribution in [3.63, 3.8) is 0 Å². The predicted octanol–water partition coefficient (Wildman–Crippen LogP) is 4.96. The standard InChI is InChI=1S/C31H35FN4O3/c1-21-9-11-24(22(2)17-21)27-19-29(25-18-23(38-3)10-12-30(25)39-4)36(33-27)31(37)20-34-13-15-35(16-14-34)28-8-6-5-7-26(28)32/h5-12,17-18,29H,13-16,19-20H2,1-4H3. The molecule has 7 nitrogen and oxygen atoms in total. The van der Waals surface area contributed by atoms with E-state index < -0.39 is 0 Å². The van der Waals surface area contributed by atoms with Crippen molar-refractivity contribution >= 4 is 17.3 Å². The normalized spacial score (nSPS) is 17.8. The number of para-hydroxylation sites is 1. The molecule has 0 N–H and O–H groups in total. The zero-order valence-electron chi connectivity index (χ0n) is 23.0. The summed E-state index contributed by atoms with van der Waals surface area (Å²) in [6.07, 6.45) is 0.570. The number of anilines is 1. The first-order valence-electron chi connectivity index (χ1n) is 13.3. The molecule has 3 aromatic rings. The molecule has 2 aliphatic rings. The van der Waals surface area contributed by atoms with Crippen molar-refractivity contribution in [3.8, 4) is 11.5 Å². The first kappa shape index (κ1) is 26.7. The van der Waals surface area contributed by atoms with Crippen LogP contribution >= 0.6 is 0 Å². The van der Waals surface area contributed by atoms with E-state index in [-0.39, 0.29) is 24.3 Å². The highest BCUT2D eigenvalue weighted by Crippen LogP contribution is 2.39. The molecule has 1 saturated heterocycles. The zero-order chi connectivity index (χ0) is 27.5. The third-order valence-corrected chi connectivity index (χ3v) is 7.58. The highest BCUT2D eigenvalue weighted by molar-refractivity contribution is 6.04. The fourth-order valence-corrected chi connectivity index (χ4v) is 5.50. The number of carbonyl (C=O) groups is 1. The molecular weight excluding hydrogens is 495 g/mol. The van der Waals surface area contributed by atoms with Crippen LogP contribution in [0.25, 0.3) is 0 Å². The van der Waals surface area contributed by atoms with Gasteiger partial charge in [0.2, 0.25) is 0 Å². The maximum Gasteiger partial charge on any atom is 0.257 e. The number of aryl methyl sites for hydroxylation is 2. The van der Waals surface area contributed by atoms with Crippen molar-refractivity contribution in [2.45, 2.75) is 26.3 Å². The second-order valence-electron chi connectivity index (χ2n) is 10.1. The molecule has 0 aromatic heterocycles. The molecule has 0 radical (unpaired) electrons. The third-order valence-electron chi connectivity index (χ3n) is 7.58. The second kappa shape index (κ2) is 11.5. The summed E-state index contributed by atoms with van der Waals surface area (Å²) in [6, 6.07) is 18.5. The van der Waals surface area contributed by atoms with Gasteiger partial charge >= 0.3 is 0 Å². The number of hydrogen-bond donors (Lipinski definition) is 0.